The molecular weight excluding hydrogens is 346 g/mol. The van der Waals surface area contributed by atoms with Crippen LogP contribution in [-0.2, 0) is 7.05 Å². The average molecular weight is 369 g/mol. The summed E-state index contributed by atoms with van der Waals surface area (Å²) in [5.74, 6) is 0.567. The summed E-state index contributed by atoms with van der Waals surface area (Å²) in [4.78, 5) is 12.4. The molecule has 8 nitrogen and oxygen atoms in total. The first-order valence-corrected chi connectivity index (χ1v) is 8.95. The van der Waals surface area contributed by atoms with Gasteiger partial charge in [-0.1, -0.05) is 30.9 Å². The third-order valence-corrected chi connectivity index (χ3v) is 4.09. The molecule has 0 aliphatic rings. The summed E-state index contributed by atoms with van der Waals surface area (Å²) >= 11 is 0. The van der Waals surface area contributed by atoms with E-state index < -0.39 is 0 Å². The number of unbranched alkanes of at least 4 members (excludes halogenated alkanes) is 2. The van der Waals surface area contributed by atoms with Gasteiger partial charge < -0.3 is 9.15 Å². The lowest BCUT2D eigenvalue weighted by Crippen LogP contribution is -2.12. The van der Waals surface area contributed by atoms with E-state index in [1.807, 2.05) is 26.1 Å². The number of aryl methyl sites for hydroxylation is 2. The number of hydrogen-bond donors (Lipinski definition) is 1. The van der Waals surface area contributed by atoms with Gasteiger partial charge in [0.15, 0.2) is 0 Å². The van der Waals surface area contributed by atoms with Crippen molar-refractivity contribution >= 4 is 11.9 Å². The highest BCUT2D eigenvalue weighted by Crippen LogP contribution is 2.20. The van der Waals surface area contributed by atoms with Gasteiger partial charge in [0.1, 0.15) is 11.4 Å². The molecule has 0 saturated carbocycles. The molecule has 0 unspecified atom stereocenters. The predicted molar refractivity (Wildman–Crippen MR) is 101 cm³/mol. The van der Waals surface area contributed by atoms with Gasteiger partial charge in [-0.3, -0.25) is 14.8 Å². The average Bonchev–Trinajstić information content (AvgIpc) is 3.26. The Morgan fingerprint density at radius 3 is 2.85 bits per heavy atom. The first-order chi connectivity index (χ1) is 13.1. The molecule has 142 valence electrons. The summed E-state index contributed by atoms with van der Waals surface area (Å²) in [6.45, 7) is 4.70. The van der Waals surface area contributed by atoms with Crippen LogP contribution in [0, 0.1) is 6.92 Å². The second-order valence-electron chi connectivity index (χ2n) is 6.24. The number of hydrogen-bond acceptors (Lipinski definition) is 6. The van der Waals surface area contributed by atoms with E-state index in [0.717, 1.165) is 25.0 Å². The van der Waals surface area contributed by atoms with Crippen LogP contribution in [0.2, 0.25) is 0 Å². The number of carbonyl (C=O) groups is 1. The lowest BCUT2D eigenvalue weighted by Gasteiger charge is -2.07. The largest absolute Gasteiger partial charge is 0.494 e. The number of nitrogens with one attached hydrogen (secondary N) is 1. The van der Waals surface area contributed by atoms with Gasteiger partial charge in [-0.15, -0.1) is 5.10 Å². The zero-order valence-electron chi connectivity index (χ0n) is 15.7. The monoisotopic (exact) mass is 369 g/mol. The standard InChI is InChI=1S/C19H23N5O3/c1-4-5-6-10-26-15-9-7-8-14(12-15)17(25)20-19-22-21-18(27-19)16-11-13(2)24(3)23-16/h7-9,11-12H,4-6,10H2,1-3H3,(H,20,22,25). The van der Waals surface area contributed by atoms with Gasteiger partial charge in [0.2, 0.25) is 0 Å². The lowest BCUT2D eigenvalue weighted by atomic mass is 10.2. The molecule has 0 fully saturated rings. The highest BCUT2D eigenvalue weighted by Gasteiger charge is 2.15. The molecule has 2 aromatic heterocycles. The minimum absolute atomic E-state index is 0.0209. The van der Waals surface area contributed by atoms with Crippen molar-refractivity contribution in [3.63, 3.8) is 0 Å². The number of rotatable bonds is 8. The van der Waals surface area contributed by atoms with Crippen LogP contribution >= 0.6 is 0 Å². The number of ether oxygens (including phenoxy) is 1. The summed E-state index contributed by atoms with van der Waals surface area (Å²) in [7, 11) is 1.83. The molecule has 27 heavy (non-hydrogen) atoms. The van der Waals surface area contributed by atoms with Crippen molar-refractivity contribution in [3.05, 3.63) is 41.6 Å². The maximum Gasteiger partial charge on any atom is 0.322 e. The minimum Gasteiger partial charge on any atom is -0.494 e. The first kappa shape index (κ1) is 18.6. The van der Waals surface area contributed by atoms with Crippen molar-refractivity contribution in [1.82, 2.24) is 20.0 Å². The third kappa shape index (κ3) is 4.72. The Balaban J connectivity index is 1.63. The van der Waals surface area contributed by atoms with Gasteiger partial charge in [-0.25, -0.2) is 0 Å². The quantitative estimate of drug-likeness (QED) is 0.610. The van der Waals surface area contributed by atoms with E-state index in [1.165, 1.54) is 0 Å². The Morgan fingerprint density at radius 1 is 1.26 bits per heavy atom. The van der Waals surface area contributed by atoms with E-state index in [-0.39, 0.29) is 17.8 Å². The van der Waals surface area contributed by atoms with E-state index in [4.69, 9.17) is 9.15 Å². The van der Waals surface area contributed by atoms with Crippen molar-refractivity contribution in [2.24, 2.45) is 7.05 Å². The molecule has 2 heterocycles. The van der Waals surface area contributed by atoms with Crippen LogP contribution in [0.1, 0.15) is 42.2 Å². The van der Waals surface area contributed by atoms with Crippen molar-refractivity contribution in [2.45, 2.75) is 33.1 Å². The second-order valence-corrected chi connectivity index (χ2v) is 6.24. The Bertz CT molecular complexity index is 896. The topological polar surface area (TPSA) is 95.1 Å². The molecule has 8 heteroatoms. The van der Waals surface area contributed by atoms with E-state index in [2.05, 4.69) is 27.5 Å². The Labute approximate surface area is 157 Å². The SMILES string of the molecule is CCCCCOc1cccc(C(=O)Nc2nnc(-c3cc(C)n(C)n3)o2)c1. The maximum absolute atomic E-state index is 12.4. The normalized spacial score (nSPS) is 10.8. The highest BCUT2D eigenvalue weighted by atomic mass is 16.5. The molecule has 0 aliphatic heterocycles. The molecule has 0 spiro atoms. The molecule has 3 rings (SSSR count). The van der Waals surface area contributed by atoms with Crippen LogP contribution in [0.4, 0.5) is 6.01 Å². The fraction of sp³-hybridized carbons (Fsp3) is 0.368. The van der Waals surface area contributed by atoms with Crippen molar-refractivity contribution < 1.29 is 13.9 Å². The van der Waals surface area contributed by atoms with Gasteiger partial charge >= 0.3 is 6.01 Å². The second kappa shape index (κ2) is 8.48. The number of amides is 1. The molecule has 1 N–H and O–H groups in total. The van der Waals surface area contributed by atoms with Crippen LogP contribution in [0.25, 0.3) is 11.6 Å². The number of anilines is 1. The molecule has 3 aromatic rings. The summed E-state index contributed by atoms with van der Waals surface area (Å²) in [6.07, 6.45) is 3.25. The van der Waals surface area contributed by atoms with Crippen molar-refractivity contribution in [3.8, 4) is 17.3 Å². The van der Waals surface area contributed by atoms with E-state index in [1.54, 1.807) is 22.9 Å². The van der Waals surface area contributed by atoms with Crippen molar-refractivity contribution in [1.29, 1.82) is 0 Å². The molecule has 1 aromatic carbocycles. The lowest BCUT2D eigenvalue weighted by molar-refractivity contribution is 0.102. The van der Waals surface area contributed by atoms with Gasteiger partial charge in [-0.2, -0.15) is 5.10 Å². The number of benzene rings is 1. The molecule has 0 radical (unpaired) electrons. The molecular formula is C19H23N5O3. The van der Waals surface area contributed by atoms with Gasteiger partial charge in [0.05, 0.1) is 6.61 Å². The Hall–Kier alpha value is -3.16. The maximum atomic E-state index is 12.4. The zero-order valence-corrected chi connectivity index (χ0v) is 15.7. The van der Waals surface area contributed by atoms with Crippen LogP contribution in [0.5, 0.6) is 5.75 Å². The summed E-state index contributed by atoms with van der Waals surface area (Å²) in [6, 6.07) is 8.86. The van der Waals surface area contributed by atoms with E-state index in [9.17, 15) is 4.79 Å². The van der Waals surface area contributed by atoms with Crippen LogP contribution in [0.3, 0.4) is 0 Å². The summed E-state index contributed by atoms with van der Waals surface area (Å²) in [5.41, 5.74) is 1.98. The third-order valence-electron chi connectivity index (χ3n) is 4.09. The Kier molecular flexibility index (Phi) is 5.85. The first-order valence-electron chi connectivity index (χ1n) is 8.95. The molecule has 1 amide bonds. The molecule has 0 atom stereocenters. The van der Waals surface area contributed by atoms with Gasteiger partial charge in [-0.05, 0) is 37.6 Å². The van der Waals surface area contributed by atoms with Crippen LogP contribution in [0.15, 0.2) is 34.7 Å². The van der Waals surface area contributed by atoms with Gasteiger partial charge in [0, 0.05) is 18.3 Å². The number of nitrogens with zero attached hydrogens (tertiary/aromatic N) is 4. The molecule has 0 bridgehead atoms. The smallest absolute Gasteiger partial charge is 0.322 e. The van der Waals surface area contributed by atoms with Gasteiger partial charge in [0.25, 0.3) is 11.8 Å². The number of aromatic nitrogens is 4. The summed E-state index contributed by atoms with van der Waals surface area (Å²) < 4.78 is 12.9. The summed E-state index contributed by atoms with van der Waals surface area (Å²) in [5, 5.41) is 14.7. The Morgan fingerprint density at radius 2 is 2.11 bits per heavy atom. The van der Waals surface area contributed by atoms with E-state index >= 15 is 0 Å². The fourth-order valence-corrected chi connectivity index (χ4v) is 2.48. The molecule has 0 aliphatic carbocycles. The predicted octanol–water partition coefficient (Wildman–Crippen LogP) is 3.60. The van der Waals surface area contributed by atoms with Crippen LogP contribution < -0.4 is 10.1 Å². The van der Waals surface area contributed by atoms with E-state index in [0.29, 0.717) is 23.6 Å². The highest BCUT2D eigenvalue weighted by molar-refractivity contribution is 6.03. The van der Waals surface area contributed by atoms with Crippen molar-refractivity contribution in [2.75, 3.05) is 11.9 Å². The fourth-order valence-electron chi connectivity index (χ4n) is 2.48. The molecule has 0 saturated heterocycles. The zero-order chi connectivity index (χ0) is 19.2. The number of carbonyl (C=O) groups excluding carboxylic acids is 1. The minimum atomic E-state index is -0.346. The van der Waals surface area contributed by atoms with Crippen LogP contribution in [-0.4, -0.2) is 32.5 Å².